The number of hydrogen-bond donors (Lipinski definition) is 1. The molecule has 158 valence electrons. The normalized spacial score (nSPS) is 17.6. The Bertz CT molecular complexity index is 708. The fourth-order valence-electron chi connectivity index (χ4n) is 3.14. The molecule has 1 aromatic carbocycles. The molecule has 2 atom stereocenters. The third kappa shape index (κ3) is 6.98. The maximum absolute atomic E-state index is 12.1. The van der Waals surface area contributed by atoms with Gasteiger partial charge in [0.2, 0.25) is 0 Å². The fraction of sp³-hybridized carbons (Fsp3) is 0.524. The zero-order valence-corrected chi connectivity index (χ0v) is 17.0. The lowest BCUT2D eigenvalue weighted by molar-refractivity contribution is -0.143. The summed E-state index contributed by atoms with van der Waals surface area (Å²) in [7, 11) is 1.56. The number of urea groups is 1. The zero-order chi connectivity index (χ0) is 21.1. The number of benzene rings is 1. The molecule has 1 aliphatic heterocycles. The average molecular weight is 403 g/mol. The molecular weight excluding hydrogens is 374 g/mol. The minimum absolute atomic E-state index is 0.181. The molecule has 1 aromatic rings. The second-order valence-corrected chi connectivity index (χ2v) is 6.74. The number of unbranched alkanes of at least 4 members (excludes halogenated alkanes) is 3. The molecule has 1 N–H and O–H groups in total. The standard InChI is InChI=1S/C21H29N3O5/c1-3-29-19(25)14-10-5-4-9-13-17-20(26)23-21(27)24(17)22-15-18(28-2)16-11-7-6-8-12-16/h6-8,11-12,15,17-18H,3-5,9-10,13-14H2,1-2H3,(H,23,26,27)/b22-15+. The number of nitrogens with zero attached hydrogens (tertiary/aromatic N) is 2. The highest BCUT2D eigenvalue weighted by molar-refractivity contribution is 6.04. The third-order valence-electron chi connectivity index (χ3n) is 4.66. The van der Waals surface area contributed by atoms with Gasteiger partial charge in [0.05, 0.1) is 12.8 Å². The van der Waals surface area contributed by atoms with Crippen LogP contribution in [0.5, 0.6) is 0 Å². The highest BCUT2D eigenvalue weighted by Gasteiger charge is 2.38. The van der Waals surface area contributed by atoms with E-state index in [0.717, 1.165) is 31.2 Å². The van der Waals surface area contributed by atoms with E-state index >= 15 is 0 Å². The van der Waals surface area contributed by atoms with Gasteiger partial charge < -0.3 is 9.47 Å². The van der Waals surface area contributed by atoms with Crippen molar-refractivity contribution in [2.24, 2.45) is 5.10 Å². The number of hydrazone groups is 1. The molecule has 0 aromatic heterocycles. The molecule has 0 bridgehead atoms. The predicted molar refractivity (Wildman–Crippen MR) is 108 cm³/mol. The molecule has 1 heterocycles. The molecule has 1 fully saturated rings. The quantitative estimate of drug-likeness (QED) is 0.250. The van der Waals surface area contributed by atoms with Crippen LogP contribution in [0.15, 0.2) is 35.4 Å². The van der Waals surface area contributed by atoms with E-state index in [1.807, 2.05) is 30.3 Å². The summed E-state index contributed by atoms with van der Waals surface area (Å²) in [5.41, 5.74) is 0.905. The lowest BCUT2D eigenvalue weighted by Gasteiger charge is -2.17. The zero-order valence-electron chi connectivity index (χ0n) is 17.0. The van der Waals surface area contributed by atoms with E-state index in [0.29, 0.717) is 19.4 Å². The second-order valence-electron chi connectivity index (χ2n) is 6.74. The van der Waals surface area contributed by atoms with Crippen LogP contribution in [-0.4, -0.2) is 48.9 Å². The molecule has 3 amide bonds. The number of rotatable bonds is 12. The lowest BCUT2D eigenvalue weighted by atomic mass is 10.1. The molecule has 29 heavy (non-hydrogen) atoms. The van der Waals surface area contributed by atoms with E-state index in [-0.39, 0.29) is 11.9 Å². The lowest BCUT2D eigenvalue weighted by Crippen LogP contribution is -2.31. The average Bonchev–Trinajstić information content (AvgIpc) is 2.98. The summed E-state index contributed by atoms with van der Waals surface area (Å²) >= 11 is 0. The van der Waals surface area contributed by atoms with Crippen LogP contribution < -0.4 is 5.32 Å². The van der Waals surface area contributed by atoms with Gasteiger partial charge in [-0.05, 0) is 25.3 Å². The van der Waals surface area contributed by atoms with Crippen LogP contribution in [0.25, 0.3) is 0 Å². The minimum Gasteiger partial charge on any atom is -0.466 e. The Kier molecular flexibility index (Phi) is 9.30. The maximum atomic E-state index is 12.1. The Morgan fingerprint density at radius 2 is 1.93 bits per heavy atom. The molecule has 0 spiro atoms. The van der Waals surface area contributed by atoms with Crippen molar-refractivity contribution in [1.82, 2.24) is 10.3 Å². The highest BCUT2D eigenvalue weighted by Crippen LogP contribution is 2.19. The molecule has 1 saturated heterocycles. The van der Waals surface area contributed by atoms with Crippen molar-refractivity contribution in [2.45, 2.75) is 57.6 Å². The van der Waals surface area contributed by atoms with Crippen LogP contribution in [0.4, 0.5) is 4.79 Å². The Morgan fingerprint density at radius 1 is 1.21 bits per heavy atom. The van der Waals surface area contributed by atoms with Crippen molar-refractivity contribution in [3.63, 3.8) is 0 Å². The van der Waals surface area contributed by atoms with Crippen LogP contribution in [0, 0.1) is 0 Å². The van der Waals surface area contributed by atoms with Gasteiger partial charge >= 0.3 is 12.0 Å². The summed E-state index contributed by atoms with van der Waals surface area (Å²) in [6.45, 7) is 2.18. The van der Waals surface area contributed by atoms with Gasteiger partial charge in [-0.3, -0.25) is 14.9 Å². The second kappa shape index (κ2) is 12.0. The topological polar surface area (TPSA) is 97.3 Å². The van der Waals surface area contributed by atoms with Gasteiger partial charge in [-0.25, -0.2) is 9.80 Å². The maximum Gasteiger partial charge on any atom is 0.345 e. The van der Waals surface area contributed by atoms with Gasteiger partial charge in [0.25, 0.3) is 5.91 Å². The van der Waals surface area contributed by atoms with Gasteiger partial charge in [0, 0.05) is 13.5 Å². The Labute approximate surface area is 171 Å². The Hall–Kier alpha value is -2.74. The third-order valence-corrected chi connectivity index (χ3v) is 4.66. The molecule has 8 nitrogen and oxygen atoms in total. The van der Waals surface area contributed by atoms with Crippen molar-refractivity contribution < 1.29 is 23.9 Å². The number of imide groups is 1. The Morgan fingerprint density at radius 3 is 2.62 bits per heavy atom. The first-order chi connectivity index (χ1) is 14.1. The summed E-state index contributed by atoms with van der Waals surface area (Å²) in [4.78, 5) is 35.5. The van der Waals surface area contributed by atoms with E-state index in [2.05, 4.69) is 10.4 Å². The van der Waals surface area contributed by atoms with Crippen molar-refractivity contribution >= 4 is 24.1 Å². The number of carbonyl (C=O) groups excluding carboxylic acids is 3. The molecule has 2 unspecified atom stereocenters. The number of hydrogen-bond acceptors (Lipinski definition) is 6. The van der Waals surface area contributed by atoms with Crippen molar-refractivity contribution in [3.8, 4) is 0 Å². The number of methoxy groups -OCH3 is 1. The molecule has 8 heteroatoms. The SMILES string of the molecule is CCOC(=O)CCCCCCC1C(=O)NC(=O)N1/N=C/C(OC)c1ccccc1. The van der Waals surface area contributed by atoms with Crippen LogP contribution in [-0.2, 0) is 19.1 Å². The first kappa shape index (κ1) is 22.5. The number of esters is 1. The smallest absolute Gasteiger partial charge is 0.345 e. The summed E-state index contributed by atoms with van der Waals surface area (Å²) in [5, 5.41) is 7.73. The largest absolute Gasteiger partial charge is 0.466 e. The predicted octanol–water partition coefficient (Wildman–Crippen LogP) is 3.18. The van der Waals surface area contributed by atoms with Crippen molar-refractivity contribution in [1.29, 1.82) is 0 Å². The van der Waals surface area contributed by atoms with Gasteiger partial charge in [-0.15, -0.1) is 0 Å². The number of nitrogens with one attached hydrogen (secondary N) is 1. The number of ether oxygens (including phenoxy) is 2. The van der Waals surface area contributed by atoms with Crippen LogP contribution >= 0.6 is 0 Å². The van der Waals surface area contributed by atoms with Crippen LogP contribution in [0.2, 0.25) is 0 Å². The van der Waals surface area contributed by atoms with Crippen LogP contribution in [0.3, 0.4) is 0 Å². The van der Waals surface area contributed by atoms with E-state index < -0.39 is 18.2 Å². The monoisotopic (exact) mass is 403 g/mol. The van der Waals surface area contributed by atoms with Crippen molar-refractivity contribution in [2.75, 3.05) is 13.7 Å². The minimum atomic E-state index is -0.628. The van der Waals surface area contributed by atoms with Gasteiger partial charge in [-0.2, -0.15) is 5.10 Å². The van der Waals surface area contributed by atoms with Gasteiger partial charge in [0.15, 0.2) is 0 Å². The summed E-state index contributed by atoms with van der Waals surface area (Å²) < 4.78 is 10.3. The highest BCUT2D eigenvalue weighted by atomic mass is 16.5. The molecule has 0 radical (unpaired) electrons. The molecule has 1 aliphatic rings. The molecular formula is C21H29N3O5. The van der Waals surface area contributed by atoms with E-state index in [4.69, 9.17) is 9.47 Å². The summed E-state index contributed by atoms with van der Waals surface area (Å²) in [6.07, 6.45) is 5.27. The van der Waals surface area contributed by atoms with Crippen molar-refractivity contribution in [3.05, 3.63) is 35.9 Å². The van der Waals surface area contributed by atoms with E-state index in [9.17, 15) is 14.4 Å². The molecule has 0 saturated carbocycles. The fourth-order valence-corrected chi connectivity index (χ4v) is 3.14. The first-order valence-corrected chi connectivity index (χ1v) is 9.98. The summed E-state index contributed by atoms with van der Waals surface area (Å²) in [5.74, 6) is -0.521. The number of carbonyl (C=O) groups is 3. The molecule has 2 rings (SSSR count). The Balaban J connectivity index is 1.84. The van der Waals surface area contributed by atoms with Crippen LogP contribution in [0.1, 0.15) is 57.1 Å². The van der Waals surface area contributed by atoms with E-state index in [1.165, 1.54) is 11.2 Å². The number of amides is 3. The van der Waals surface area contributed by atoms with Gasteiger partial charge in [-0.1, -0.05) is 49.6 Å². The van der Waals surface area contributed by atoms with E-state index in [1.54, 1.807) is 14.0 Å². The van der Waals surface area contributed by atoms with Gasteiger partial charge in [0.1, 0.15) is 12.1 Å². The summed E-state index contributed by atoms with van der Waals surface area (Å²) in [6, 6.07) is 8.35. The first-order valence-electron chi connectivity index (χ1n) is 9.98. The molecule has 0 aliphatic carbocycles.